The third kappa shape index (κ3) is 14.4. The molecule has 0 aliphatic rings. The maximum atomic E-state index is 10.4. The van der Waals surface area contributed by atoms with Gasteiger partial charge >= 0.3 is 5.97 Å². The second kappa shape index (κ2) is 14.7. The molecule has 0 bridgehead atoms. The maximum Gasteiger partial charge on any atom is 0.303 e. The van der Waals surface area contributed by atoms with E-state index in [0.717, 1.165) is 12.8 Å². The minimum atomic E-state index is -1.06. The molecule has 0 aromatic carbocycles. The number of unbranched alkanes of at least 4 members (excludes halogenated alkanes) is 6. The van der Waals surface area contributed by atoms with Crippen molar-refractivity contribution >= 4 is 5.97 Å². The van der Waals surface area contributed by atoms with Crippen molar-refractivity contribution in [1.29, 1.82) is 0 Å². The molecule has 23 heavy (non-hydrogen) atoms. The Balaban J connectivity index is 3.71. The molecule has 0 unspecified atom stereocenters. The van der Waals surface area contributed by atoms with Crippen LogP contribution in [0.3, 0.4) is 0 Å². The summed E-state index contributed by atoms with van der Waals surface area (Å²) >= 11 is 0. The van der Waals surface area contributed by atoms with Crippen molar-refractivity contribution in [2.45, 2.75) is 95.9 Å². The summed E-state index contributed by atoms with van der Waals surface area (Å²) in [6.07, 6.45) is 9.77. The fourth-order valence-corrected chi connectivity index (χ4v) is 2.41. The molecular formula is C18H34O5. The summed E-state index contributed by atoms with van der Waals surface area (Å²) in [6, 6.07) is 0. The summed E-state index contributed by atoms with van der Waals surface area (Å²) in [5.74, 6) is -0.910. The molecule has 5 nitrogen and oxygen atoms in total. The van der Waals surface area contributed by atoms with E-state index in [9.17, 15) is 20.1 Å². The second-order valence-corrected chi connectivity index (χ2v) is 6.21. The van der Waals surface area contributed by atoms with Crippen molar-refractivity contribution in [1.82, 2.24) is 0 Å². The molecule has 0 aromatic rings. The van der Waals surface area contributed by atoms with Crippen molar-refractivity contribution < 1.29 is 25.2 Å². The largest absolute Gasteiger partial charge is 0.481 e. The van der Waals surface area contributed by atoms with Gasteiger partial charge in [-0.2, -0.15) is 0 Å². The number of aliphatic hydroxyl groups excluding tert-OH is 3. The van der Waals surface area contributed by atoms with Crippen LogP contribution in [0.15, 0.2) is 12.2 Å². The summed E-state index contributed by atoms with van der Waals surface area (Å²) in [4.78, 5) is 10.4. The van der Waals surface area contributed by atoms with Crippen LogP contribution >= 0.6 is 0 Å². The van der Waals surface area contributed by atoms with E-state index in [-0.39, 0.29) is 12.8 Å². The summed E-state index contributed by atoms with van der Waals surface area (Å²) in [7, 11) is 0. The zero-order chi connectivity index (χ0) is 17.5. The highest BCUT2D eigenvalue weighted by atomic mass is 16.4. The van der Waals surface area contributed by atoms with E-state index in [1.165, 1.54) is 44.3 Å². The van der Waals surface area contributed by atoms with Crippen LogP contribution < -0.4 is 0 Å². The van der Waals surface area contributed by atoms with Gasteiger partial charge < -0.3 is 20.4 Å². The van der Waals surface area contributed by atoms with E-state index in [1.54, 1.807) is 0 Å². The Hall–Kier alpha value is -0.910. The molecule has 0 radical (unpaired) electrons. The zero-order valence-corrected chi connectivity index (χ0v) is 14.4. The van der Waals surface area contributed by atoms with Crippen LogP contribution in [0, 0.1) is 0 Å². The molecule has 3 atom stereocenters. The molecule has 0 amide bonds. The fraction of sp³-hybridized carbons (Fsp3) is 0.833. The summed E-state index contributed by atoms with van der Waals surface area (Å²) < 4.78 is 0. The number of hydrogen-bond acceptors (Lipinski definition) is 4. The van der Waals surface area contributed by atoms with Gasteiger partial charge in [-0.1, -0.05) is 64.0 Å². The van der Waals surface area contributed by atoms with Gasteiger partial charge in [0.25, 0.3) is 0 Å². The third-order valence-electron chi connectivity index (χ3n) is 3.92. The number of carboxylic acid groups (broad SMARTS) is 1. The van der Waals surface area contributed by atoms with Crippen molar-refractivity contribution in [2.75, 3.05) is 0 Å². The molecule has 136 valence electrons. The highest BCUT2D eigenvalue weighted by Crippen LogP contribution is 2.11. The van der Waals surface area contributed by atoms with E-state index >= 15 is 0 Å². The Bertz CT molecular complexity index is 317. The van der Waals surface area contributed by atoms with E-state index < -0.39 is 24.3 Å². The minimum Gasteiger partial charge on any atom is -0.481 e. The Morgan fingerprint density at radius 3 is 2.09 bits per heavy atom. The van der Waals surface area contributed by atoms with Crippen LogP contribution in [-0.2, 0) is 4.79 Å². The Morgan fingerprint density at radius 2 is 1.48 bits per heavy atom. The van der Waals surface area contributed by atoms with Gasteiger partial charge in [-0.15, -0.1) is 0 Å². The molecule has 0 spiro atoms. The Morgan fingerprint density at radius 1 is 0.870 bits per heavy atom. The first kappa shape index (κ1) is 22.1. The third-order valence-corrected chi connectivity index (χ3v) is 3.92. The molecule has 5 heteroatoms. The molecule has 0 aliphatic heterocycles. The van der Waals surface area contributed by atoms with Crippen LogP contribution in [0.4, 0.5) is 0 Å². The predicted molar refractivity (Wildman–Crippen MR) is 91.3 cm³/mol. The summed E-state index contributed by atoms with van der Waals surface area (Å²) in [5.41, 5.74) is 0. The van der Waals surface area contributed by atoms with E-state index in [4.69, 9.17) is 5.11 Å². The lowest BCUT2D eigenvalue weighted by atomic mass is 10.0. The lowest BCUT2D eigenvalue weighted by molar-refractivity contribution is -0.137. The van der Waals surface area contributed by atoms with Gasteiger partial charge in [-0.05, 0) is 19.3 Å². The molecule has 4 N–H and O–H groups in total. The highest BCUT2D eigenvalue weighted by molar-refractivity contribution is 5.66. The molecular weight excluding hydrogens is 296 g/mol. The van der Waals surface area contributed by atoms with Gasteiger partial charge in [-0.3, -0.25) is 4.79 Å². The molecule has 0 rings (SSSR count). The molecule has 0 saturated heterocycles. The number of carboxylic acids is 1. The van der Waals surface area contributed by atoms with Crippen molar-refractivity contribution in [3.05, 3.63) is 12.2 Å². The van der Waals surface area contributed by atoms with E-state index in [1.807, 2.05) is 0 Å². The van der Waals surface area contributed by atoms with Gasteiger partial charge in [0, 0.05) is 6.42 Å². The van der Waals surface area contributed by atoms with E-state index in [2.05, 4.69) is 6.92 Å². The van der Waals surface area contributed by atoms with Gasteiger partial charge in [0.15, 0.2) is 0 Å². The predicted octanol–water partition coefficient (Wildman–Crippen LogP) is 3.02. The van der Waals surface area contributed by atoms with Crippen LogP contribution in [0.1, 0.15) is 77.6 Å². The SMILES string of the molecule is CCCCCCCCC[C@@H](O)/C=C\[C@H](O)[C@H](O)CCCC(=O)O. The second-order valence-electron chi connectivity index (χ2n) is 6.21. The van der Waals surface area contributed by atoms with Crippen LogP contribution in [-0.4, -0.2) is 44.7 Å². The van der Waals surface area contributed by atoms with Crippen LogP contribution in [0.5, 0.6) is 0 Å². The smallest absolute Gasteiger partial charge is 0.303 e. The van der Waals surface area contributed by atoms with E-state index in [0.29, 0.717) is 12.8 Å². The first-order valence-corrected chi connectivity index (χ1v) is 8.91. The summed E-state index contributed by atoms with van der Waals surface area (Å²) in [5, 5.41) is 37.7. The van der Waals surface area contributed by atoms with Crippen molar-refractivity contribution in [3.8, 4) is 0 Å². The fourth-order valence-electron chi connectivity index (χ4n) is 2.41. The van der Waals surface area contributed by atoms with Gasteiger partial charge in [-0.25, -0.2) is 0 Å². The molecule has 0 saturated carbocycles. The quantitative estimate of drug-likeness (QED) is 0.273. The first-order valence-electron chi connectivity index (χ1n) is 8.91. The topological polar surface area (TPSA) is 98.0 Å². The normalized spacial score (nSPS) is 15.7. The minimum absolute atomic E-state index is 0.0195. The van der Waals surface area contributed by atoms with Crippen molar-refractivity contribution in [2.24, 2.45) is 0 Å². The van der Waals surface area contributed by atoms with Crippen LogP contribution in [0.2, 0.25) is 0 Å². The van der Waals surface area contributed by atoms with Crippen molar-refractivity contribution in [3.63, 3.8) is 0 Å². The lowest BCUT2D eigenvalue weighted by Crippen LogP contribution is -2.24. The Labute approximate surface area is 140 Å². The van der Waals surface area contributed by atoms with Gasteiger partial charge in [0.2, 0.25) is 0 Å². The molecule has 0 heterocycles. The molecule has 0 fully saturated rings. The zero-order valence-electron chi connectivity index (χ0n) is 14.4. The number of rotatable bonds is 15. The monoisotopic (exact) mass is 330 g/mol. The first-order chi connectivity index (χ1) is 11.0. The average molecular weight is 330 g/mol. The molecule has 0 aliphatic carbocycles. The maximum absolute atomic E-state index is 10.4. The average Bonchev–Trinajstić information content (AvgIpc) is 2.51. The standard InChI is InChI=1S/C18H34O5/c1-2-3-4-5-6-7-8-10-15(19)13-14-17(21)16(20)11-9-12-18(22)23/h13-17,19-21H,2-12H2,1H3,(H,22,23)/b14-13-/t15-,16-,17+/m1/s1. The number of aliphatic hydroxyl groups is 3. The van der Waals surface area contributed by atoms with Gasteiger partial charge in [0.1, 0.15) is 0 Å². The summed E-state index contributed by atoms with van der Waals surface area (Å²) in [6.45, 7) is 2.19. The molecule has 0 aromatic heterocycles. The van der Waals surface area contributed by atoms with Gasteiger partial charge in [0.05, 0.1) is 18.3 Å². The number of hydrogen-bond donors (Lipinski definition) is 4. The van der Waals surface area contributed by atoms with Crippen LogP contribution in [0.25, 0.3) is 0 Å². The number of aliphatic carboxylic acids is 1. The Kier molecular flexibility index (Phi) is 14.1. The number of carbonyl (C=O) groups is 1. The highest BCUT2D eigenvalue weighted by Gasteiger charge is 2.14. The lowest BCUT2D eigenvalue weighted by Gasteiger charge is -2.14.